The summed E-state index contributed by atoms with van der Waals surface area (Å²) in [6, 6.07) is 9.74. The van der Waals surface area contributed by atoms with Crippen LogP contribution in [0.4, 0.5) is 0 Å². The summed E-state index contributed by atoms with van der Waals surface area (Å²) < 4.78 is 0. The summed E-state index contributed by atoms with van der Waals surface area (Å²) in [7, 11) is 14.8. The highest BCUT2D eigenvalue weighted by Gasteiger charge is 2.32. The van der Waals surface area contributed by atoms with Gasteiger partial charge in [-0.3, -0.25) is 0 Å². The predicted molar refractivity (Wildman–Crippen MR) is 63.4 cm³/mol. The van der Waals surface area contributed by atoms with E-state index in [2.05, 4.69) is 9.24 Å². The number of rotatable bonds is 2. The number of benzene rings is 1. The molecule has 0 saturated carbocycles. The zero-order valence-corrected chi connectivity index (χ0v) is 9.27. The SMILES string of the molecule is [B]C([B])(c1ccccc1)C(C)(C)P. The fourth-order valence-electron chi connectivity index (χ4n) is 1.09. The minimum absolute atomic E-state index is 0.228. The lowest BCUT2D eigenvalue weighted by Crippen LogP contribution is -2.44. The smallest absolute Gasteiger partial charge is 0.0694 e. The van der Waals surface area contributed by atoms with Crippen molar-refractivity contribution < 1.29 is 0 Å². The first-order valence-electron chi connectivity index (χ1n) is 4.28. The Morgan fingerprint density at radius 1 is 1.08 bits per heavy atom. The van der Waals surface area contributed by atoms with E-state index >= 15 is 0 Å². The maximum absolute atomic E-state index is 6.07. The summed E-state index contributed by atoms with van der Waals surface area (Å²) in [6.07, 6.45) is 0. The molecule has 0 fully saturated rings. The molecule has 1 rings (SSSR count). The van der Waals surface area contributed by atoms with Crippen molar-refractivity contribution in [2.45, 2.75) is 24.2 Å². The molecule has 1 aromatic carbocycles. The molecular weight excluding hydrogens is 173 g/mol. The fraction of sp³-hybridized carbons (Fsp3) is 0.400. The van der Waals surface area contributed by atoms with Crippen LogP contribution in [0.15, 0.2) is 30.3 Å². The molecule has 0 nitrogen and oxygen atoms in total. The summed E-state index contributed by atoms with van der Waals surface area (Å²) >= 11 is 0. The molecular formula is C10H13B2P. The monoisotopic (exact) mass is 186 g/mol. The highest BCUT2D eigenvalue weighted by molar-refractivity contribution is 7.19. The normalized spacial score (nSPS) is 12.8. The summed E-state index contributed by atoms with van der Waals surface area (Å²) in [5.41, 5.74) is 0.954. The standard InChI is InChI=1S/C10H13B2P/c1-9(2,13)10(11,12)8-6-4-3-5-7-8/h3-7H,13H2,1-2H3. The van der Waals surface area contributed by atoms with Gasteiger partial charge in [0.1, 0.15) is 0 Å². The molecule has 1 unspecified atom stereocenters. The summed E-state index contributed by atoms with van der Waals surface area (Å²) in [6.45, 7) is 4.01. The Kier molecular flexibility index (Phi) is 2.92. The Morgan fingerprint density at radius 3 is 1.92 bits per heavy atom. The Morgan fingerprint density at radius 2 is 1.54 bits per heavy atom. The highest BCUT2D eigenvalue weighted by atomic mass is 31.0. The lowest BCUT2D eigenvalue weighted by atomic mass is 9.45. The third kappa shape index (κ3) is 2.17. The third-order valence-electron chi connectivity index (χ3n) is 2.32. The van der Waals surface area contributed by atoms with E-state index in [0.717, 1.165) is 5.56 Å². The van der Waals surface area contributed by atoms with Gasteiger partial charge in [0.2, 0.25) is 0 Å². The molecule has 0 N–H and O–H groups in total. The number of hydrogen-bond donors (Lipinski definition) is 0. The molecule has 0 bridgehead atoms. The molecule has 0 aliphatic heterocycles. The third-order valence-corrected chi connectivity index (χ3v) is 2.80. The minimum atomic E-state index is -0.807. The molecule has 0 amide bonds. The van der Waals surface area contributed by atoms with Crippen LogP contribution in [-0.2, 0) is 5.21 Å². The lowest BCUT2D eigenvalue weighted by molar-refractivity contribution is 0.626. The second kappa shape index (κ2) is 3.50. The molecule has 0 heterocycles. The van der Waals surface area contributed by atoms with Crippen LogP contribution in [0.5, 0.6) is 0 Å². The number of hydrogen-bond acceptors (Lipinski definition) is 0. The molecule has 0 saturated heterocycles. The highest BCUT2D eigenvalue weighted by Crippen LogP contribution is 2.35. The van der Waals surface area contributed by atoms with E-state index in [1.54, 1.807) is 0 Å². The maximum atomic E-state index is 6.07. The topological polar surface area (TPSA) is 0 Å². The van der Waals surface area contributed by atoms with Crippen LogP contribution >= 0.6 is 9.24 Å². The Bertz CT molecular complexity index is 275. The van der Waals surface area contributed by atoms with Gasteiger partial charge in [0.25, 0.3) is 0 Å². The zero-order valence-electron chi connectivity index (χ0n) is 8.12. The molecule has 0 spiro atoms. The van der Waals surface area contributed by atoms with Crippen LogP contribution < -0.4 is 0 Å². The summed E-state index contributed by atoms with van der Waals surface area (Å²) in [5.74, 6) is 0. The molecule has 1 atom stereocenters. The van der Waals surface area contributed by atoms with Crippen molar-refractivity contribution in [3.05, 3.63) is 35.9 Å². The average Bonchev–Trinajstić information content (AvgIpc) is 2.04. The first-order valence-corrected chi connectivity index (χ1v) is 4.85. The molecule has 1 aromatic rings. The van der Waals surface area contributed by atoms with Crippen LogP contribution in [0.2, 0.25) is 0 Å². The van der Waals surface area contributed by atoms with Crippen molar-refractivity contribution in [3.63, 3.8) is 0 Å². The van der Waals surface area contributed by atoms with Gasteiger partial charge in [-0.2, -0.15) is 0 Å². The molecule has 0 aliphatic carbocycles. The quantitative estimate of drug-likeness (QED) is 0.488. The van der Waals surface area contributed by atoms with E-state index in [9.17, 15) is 0 Å². The van der Waals surface area contributed by atoms with Crippen LogP contribution in [-0.4, -0.2) is 20.8 Å². The fourth-order valence-corrected chi connectivity index (χ4v) is 1.25. The van der Waals surface area contributed by atoms with Gasteiger partial charge in [-0.1, -0.05) is 55.0 Å². The van der Waals surface area contributed by atoms with Gasteiger partial charge >= 0.3 is 0 Å². The van der Waals surface area contributed by atoms with E-state index in [1.807, 2.05) is 44.2 Å². The van der Waals surface area contributed by atoms with Crippen molar-refractivity contribution in [3.8, 4) is 0 Å². The van der Waals surface area contributed by atoms with Gasteiger partial charge < -0.3 is 0 Å². The summed E-state index contributed by atoms with van der Waals surface area (Å²) in [4.78, 5) is 0. The molecule has 0 aromatic heterocycles. The molecule has 4 radical (unpaired) electrons. The molecule has 13 heavy (non-hydrogen) atoms. The van der Waals surface area contributed by atoms with Gasteiger partial charge in [-0.25, -0.2) is 0 Å². The Hall–Kier alpha value is -0.220. The predicted octanol–water partition coefficient (Wildman–Crippen LogP) is 1.83. The van der Waals surface area contributed by atoms with Crippen LogP contribution in [0.1, 0.15) is 19.4 Å². The van der Waals surface area contributed by atoms with Crippen molar-refractivity contribution in [1.82, 2.24) is 0 Å². The summed E-state index contributed by atoms with van der Waals surface area (Å²) in [5, 5.41) is -1.03. The Labute approximate surface area is 85.5 Å². The van der Waals surface area contributed by atoms with Crippen molar-refractivity contribution in [1.29, 1.82) is 0 Å². The first-order chi connectivity index (χ1) is 5.86. The van der Waals surface area contributed by atoms with Gasteiger partial charge in [0, 0.05) is 0 Å². The van der Waals surface area contributed by atoms with E-state index in [1.165, 1.54) is 0 Å². The van der Waals surface area contributed by atoms with Gasteiger partial charge in [-0.15, -0.1) is 9.24 Å². The van der Waals surface area contributed by atoms with Crippen LogP contribution in [0.25, 0.3) is 0 Å². The van der Waals surface area contributed by atoms with Gasteiger partial charge in [-0.05, 0) is 5.16 Å². The maximum Gasteiger partial charge on any atom is 0.0694 e. The van der Waals surface area contributed by atoms with Crippen molar-refractivity contribution in [2.24, 2.45) is 0 Å². The van der Waals surface area contributed by atoms with Crippen LogP contribution in [0, 0.1) is 0 Å². The van der Waals surface area contributed by atoms with Crippen molar-refractivity contribution >= 4 is 24.9 Å². The van der Waals surface area contributed by atoms with Gasteiger partial charge in [0.15, 0.2) is 0 Å². The zero-order chi connectivity index (χ0) is 10.1. The van der Waals surface area contributed by atoms with Crippen LogP contribution in [0.3, 0.4) is 0 Å². The van der Waals surface area contributed by atoms with Crippen molar-refractivity contribution in [2.75, 3.05) is 0 Å². The molecule has 64 valence electrons. The largest absolute Gasteiger partial charge is 0.132 e. The molecule has 3 heteroatoms. The molecule has 0 aliphatic rings. The second-order valence-electron chi connectivity index (χ2n) is 3.96. The van der Waals surface area contributed by atoms with E-state index in [4.69, 9.17) is 15.7 Å². The Balaban J connectivity index is 3.08. The minimum Gasteiger partial charge on any atom is -0.132 e. The van der Waals surface area contributed by atoms with Gasteiger partial charge in [0.05, 0.1) is 15.7 Å². The first kappa shape index (κ1) is 10.9. The average molecular weight is 186 g/mol. The second-order valence-corrected chi connectivity index (χ2v) is 5.40. The van der Waals surface area contributed by atoms with E-state index in [0.29, 0.717) is 0 Å². The van der Waals surface area contributed by atoms with E-state index < -0.39 is 5.21 Å². The lowest BCUT2D eigenvalue weighted by Gasteiger charge is -2.40. The van der Waals surface area contributed by atoms with E-state index in [-0.39, 0.29) is 5.16 Å².